The number of hydrogen-bond donors (Lipinski definition) is 2. The fourth-order valence-corrected chi connectivity index (χ4v) is 13.8. The number of thioether (sulfide) groups is 1. The summed E-state index contributed by atoms with van der Waals surface area (Å²) in [4.78, 5) is 16.7. The van der Waals surface area contributed by atoms with E-state index in [4.69, 9.17) is 14.9 Å². The van der Waals surface area contributed by atoms with Crippen molar-refractivity contribution in [3.63, 3.8) is 0 Å². The second kappa shape index (κ2) is 12.3. The highest BCUT2D eigenvalue weighted by Gasteiger charge is 2.52. The minimum absolute atomic E-state index is 0.161. The van der Waals surface area contributed by atoms with Crippen molar-refractivity contribution in [3.05, 3.63) is 83.4 Å². The Morgan fingerprint density at radius 3 is 2.10 bits per heavy atom. The number of aromatic nitrogens is 2. The lowest BCUT2D eigenvalue weighted by Crippen LogP contribution is -2.67. The molecule has 1 fully saturated rings. The standard InChI is InChI=1S/C30H43N3O4SSi2/c1-30(2,3)40(22-13-9-7-10-14-22,23-15-11-8-12-16-23)36-21-24-26(34)27(38-19-20-39(4,5)6)28(37-24)33-18-17-25(31)32-29(33)35/h7-18,24,26-28,34H,19-21H2,1-6H3,(H2,31,32,35)/t24-,26-,27-,28-/m1/s1. The van der Waals surface area contributed by atoms with Gasteiger partial charge in [-0.05, 0) is 33.3 Å². The maximum atomic E-state index is 12.8. The van der Waals surface area contributed by atoms with E-state index >= 15 is 0 Å². The molecular weight excluding hydrogens is 555 g/mol. The summed E-state index contributed by atoms with van der Waals surface area (Å²) < 4.78 is 15.0. The van der Waals surface area contributed by atoms with Crippen LogP contribution in [0.3, 0.4) is 0 Å². The Balaban J connectivity index is 1.68. The molecule has 0 spiro atoms. The molecule has 3 N–H and O–H groups in total. The van der Waals surface area contributed by atoms with Gasteiger partial charge in [-0.15, -0.1) is 0 Å². The van der Waals surface area contributed by atoms with E-state index < -0.39 is 40.5 Å². The molecule has 2 heterocycles. The van der Waals surface area contributed by atoms with Gasteiger partial charge in [-0.25, -0.2) is 4.79 Å². The SMILES string of the molecule is CC(C)(C)[Si](OC[C@H]1O[C@@H](n2ccc(N)nc2=O)[C@H](SCC[Si](C)(C)C)[C@@H]1O)(c1ccccc1)c1ccccc1. The first-order valence-corrected chi connectivity index (χ1v) is 20.5. The molecule has 40 heavy (non-hydrogen) atoms. The predicted molar refractivity (Wildman–Crippen MR) is 171 cm³/mol. The van der Waals surface area contributed by atoms with Gasteiger partial charge in [0.15, 0.2) is 6.23 Å². The number of nitrogen functional groups attached to an aromatic ring is 1. The zero-order valence-corrected chi connectivity index (χ0v) is 27.2. The van der Waals surface area contributed by atoms with Gasteiger partial charge in [0.1, 0.15) is 11.9 Å². The molecule has 4 atom stereocenters. The minimum Gasteiger partial charge on any atom is -0.405 e. The molecule has 2 aromatic carbocycles. The van der Waals surface area contributed by atoms with Crippen LogP contribution in [0.5, 0.6) is 0 Å². The van der Waals surface area contributed by atoms with Crippen LogP contribution in [0.25, 0.3) is 0 Å². The molecule has 0 amide bonds. The molecule has 4 rings (SSSR count). The van der Waals surface area contributed by atoms with Crippen LogP contribution >= 0.6 is 11.8 Å². The molecule has 0 bridgehead atoms. The average molecular weight is 598 g/mol. The first-order chi connectivity index (χ1) is 18.8. The zero-order valence-electron chi connectivity index (χ0n) is 24.4. The van der Waals surface area contributed by atoms with Crippen LogP contribution in [0.15, 0.2) is 77.7 Å². The summed E-state index contributed by atoms with van der Waals surface area (Å²) >= 11 is 1.67. The maximum Gasteiger partial charge on any atom is 0.351 e. The molecule has 0 radical (unpaired) electrons. The third kappa shape index (κ3) is 6.63. The van der Waals surface area contributed by atoms with E-state index in [1.54, 1.807) is 24.0 Å². The minimum atomic E-state index is -2.83. The molecule has 3 aromatic rings. The summed E-state index contributed by atoms with van der Waals surface area (Å²) in [7, 11) is -4.11. The largest absolute Gasteiger partial charge is 0.405 e. The van der Waals surface area contributed by atoms with Gasteiger partial charge in [0.25, 0.3) is 8.32 Å². The summed E-state index contributed by atoms with van der Waals surface area (Å²) in [6.07, 6.45) is -0.491. The van der Waals surface area contributed by atoms with Gasteiger partial charge in [-0.2, -0.15) is 16.7 Å². The van der Waals surface area contributed by atoms with E-state index in [9.17, 15) is 9.90 Å². The molecule has 1 saturated heterocycles. The number of aliphatic hydroxyl groups is 1. The van der Waals surface area contributed by atoms with Crippen LogP contribution in [-0.2, 0) is 9.16 Å². The third-order valence-corrected chi connectivity index (χ3v) is 15.9. The maximum absolute atomic E-state index is 12.8. The highest BCUT2D eigenvalue weighted by molar-refractivity contribution is 8.00. The first kappa shape index (κ1) is 30.7. The number of rotatable bonds is 10. The Morgan fingerprint density at radius 1 is 1.02 bits per heavy atom. The van der Waals surface area contributed by atoms with Crippen LogP contribution in [-0.4, -0.2) is 60.9 Å². The monoisotopic (exact) mass is 597 g/mol. The van der Waals surface area contributed by atoms with E-state index in [0.717, 1.165) is 22.2 Å². The number of ether oxygens (including phenoxy) is 1. The van der Waals surface area contributed by atoms with Crippen molar-refractivity contribution < 1.29 is 14.3 Å². The van der Waals surface area contributed by atoms with Gasteiger partial charge < -0.3 is 20.0 Å². The molecule has 7 nitrogen and oxygen atoms in total. The number of nitrogens with two attached hydrogens (primary N) is 1. The van der Waals surface area contributed by atoms with Crippen LogP contribution in [0, 0.1) is 0 Å². The number of anilines is 1. The number of benzene rings is 2. The lowest BCUT2D eigenvalue weighted by Gasteiger charge is -2.43. The molecule has 0 unspecified atom stereocenters. The predicted octanol–water partition coefficient (Wildman–Crippen LogP) is 4.10. The Bertz CT molecular complexity index is 1270. The second-order valence-electron chi connectivity index (χ2n) is 12.7. The van der Waals surface area contributed by atoms with Gasteiger partial charge in [0, 0.05) is 14.3 Å². The molecule has 1 aliphatic rings. The Labute approximate surface area is 244 Å². The molecule has 1 aromatic heterocycles. The van der Waals surface area contributed by atoms with Crippen LogP contribution in [0.4, 0.5) is 5.82 Å². The van der Waals surface area contributed by atoms with Gasteiger partial charge in [-0.1, -0.05) is 101 Å². The Morgan fingerprint density at radius 2 is 1.60 bits per heavy atom. The van der Waals surface area contributed by atoms with E-state index in [-0.39, 0.29) is 22.7 Å². The quantitative estimate of drug-likeness (QED) is 0.340. The molecular formula is C30H43N3O4SSi2. The van der Waals surface area contributed by atoms with Crippen molar-refractivity contribution in [1.29, 1.82) is 0 Å². The van der Waals surface area contributed by atoms with Crippen LogP contribution in [0.2, 0.25) is 30.7 Å². The highest BCUT2D eigenvalue weighted by Crippen LogP contribution is 2.41. The summed E-state index contributed by atoms with van der Waals surface area (Å²) in [6, 6.07) is 23.5. The Hall–Kier alpha value is -2.22. The fraction of sp³-hybridized carbons (Fsp3) is 0.467. The summed E-state index contributed by atoms with van der Waals surface area (Å²) in [5.41, 5.74) is 5.27. The molecule has 0 aliphatic carbocycles. The van der Waals surface area contributed by atoms with Crippen molar-refractivity contribution in [3.8, 4) is 0 Å². The van der Waals surface area contributed by atoms with E-state index in [0.29, 0.717) is 0 Å². The number of nitrogens with zero attached hydrogens (tertiary/aromatic N) is 2. The second-order valence-corrected chi connectivity index (χ2v) is 23.9. The molecule has 10 heteroatoms. The Kier molecular flexibility index (Phi) is 9.48. The van der Waals surface area contributed by atoms with Gasteiger partial charge in [-0.3, -0.25) is 4.57 Å². The van der Waals surface area contributed by atoms with Crippen molar-refractivity contribution >= 4 is 44.3 Å². The van der Waals surface area contributed by atoms with E-state index in [1.807, 2.05) is 12.1 Å². The van der Waals surface area contributed by atoms with Crippen LogP contribution < -0.4 is 21.8 Å². The van der Waals surface area contributed by atoms with Gasteiger partial charge >= 0.3 is 5.69 Å². The lowest BCUT2D eigenvalue weighted by atomic mass is 10.2. The lowest BCUT2D eigenvalue weighted by molar-refractivity contribution is -0.0423. The highest BCUT2D eigenvalue weighted by atomic mass is 32.2. The van der Waals surface area contributed by atoms with Crippen molar-refractivity contribution in [2.45, 2.75) is 75.2 Å². The fourth-order valence-electron chi connectivity index (χ4n) is 5.35. The third-order valence-electron chi connectivity index (χ3n) is 7.48. The van der Waals surface area contributed by atoms with Crippen molar-refractivity contribution in [1.82, 2.24) is 9.55 Å². The van der Waals surface area contributed by atoms with Gasteiger partial charge in [0.05, 0.1) is 18.0 Å². The van der Waals surface area contributed by atoms with Crippen molar-refractivity contribution in [2.75, 3.05) is 18.1 Å². The molecule has 216 valence electrons. The van der Waals surface area contributed by atoms with Crippen LogP contribution in [0.1, 0.15) is 27.0 Å². The summed E-state index contributed by atoms with van der Waals surface area (Å²) in [5, 5.41) is 13.4. The van der Waals surface area contributed by atoms with E-state index in [1.165, 1.54) is 4.57 Å². The first-order valence-electron chi connectivity index (χ1n) is 13.9. The topological polar surface area (TPSA) is 99.6 Å². The summed E-state index contributed by atoms with van der Waals surface area (Å²) in [5.74, 6) is 1.05. The van der Waals surface area contributed by atoms with Gasteiger partial charge in [0.2, 0.25) is 0 Å². The average Bonchev–Trinajstić information content (AvgIpc) is 3.19. The van der Waals surface area contributed by atoms with Crippen molar-refractivity contribution in [2.24, 2.45) is 0 Å². The van der Waals surface area contributed by atoms with E-state index in [2.05, 4.69) is 93.9 Å². The normalized spacial score (nSPS) is 22.0. The summed E-state index contributed by atoms with van der Waals surface area (Å²) in [6.45, 7) is 13.9. The zero-order chi connectivity index (χ0) is 29.1. The number of hydrogen-bond acceptors (Lipinski definition) is 7. The molecule has 1 aliphatic heterocycles. The smallest absolute Gasteiger partial charge is 0.351 e. The number of aliphatic hydroxyl groups excluding tert-OH is 1. The molecule has 0 saturated carbocycles.